The van der Waals surface area contributed by atoms with E-state index in [1.54, 1.807) is 31.5 Å². The Hall–Kier alpha value is -2.53. The molecule has 2 aromatic rings. The summed E-state index contributed by atoms with van der Waals surface area (Å²) in [6.07, 6.45) is 4.81. The van der Waals surface area contributed by atoms with Crippen LogP contribution in [-0.4, -0.2) is 24.1 Å². The SMILES string of the molecule is COc1cc(C=CC(=O)NCc2ncccc2C)cc(Cl)c1OC(C)C. The minimum absolute atomic E-state index is 0.0244. The molecule has 0 saturated heterocycles. The van der Waals surface area contributed by atoms with E-state index in [1.807, 2.05) is 32.9 Å². The lowest BCUT2D eigenvalue weighted by Gasteiger charge is -2.15. The molecular weight excluding hydrogens is 352 g/mol. The number of aromatic nitrogens is 1. The van der Waals surface area contributed by atoms with E-state index in [0.717, 1.165) is 16.8 Å². The molecule has 0 aliphatic carbocycles. The maximum atomic E-state index is 12.0. The number of nitrogens with one attached hydrogen (secondary N) is 1. The van der Waals surface area contributed by atoms with Crippen LogP contribution in [0.2, 0.25) is 5.02 Å². The molecule has 1 amide bonds. The van der Waals surface area contributed by atoms with Crippen LogP contribution in [0.4, 0.5) is 0 Å². The fourth-order valence-electron chi connectivity index (χ4n) is 2.29. The molecule has 0 bridgehead atoms. The average Bonchev–Trinajstić information content (AvgIpc) is 2.60. The predicted octanol–water partition coefficient (Wildman–Crippen LogP) is 4.17. The van der Waals surface area contributed by atoms with Gasteiger partial charge in [-0.3, -0.25) is 9.78 Å². The molecule has 5 nitrogen and oxygen atoms in total. The van der Waals surface area contributed by atoms with Crippen LogP contribution in [0.25, 0.3) is 6.08 Å². The van der Waals surface area contributed by atoms with Crippen LogP contribution in [0.5, 0.6) is 11.5 Å². The summed E-state index contributed by atoms with van der Waals surface area (Å²) >= 11 is 6.28. The normalized spacial score (nSPS) is 11.0. The van der Waals surface area contributed by atoms with Gasteiger partial charge in [0.05, 0.1) is 30.5 Å². The van der Waals surface area contributed by atoms with Crippen LogP contribution in [0.1, 0.15) is 30.7 Å². The summed E-state index contributed by atoms with van der Waals surface area (Å²) < 4.78 is 11.0. The van der Waals surface area contributed by atoms with E-state index < -0.39 is 0 Å². The number of carbonyl (C=O) groups is 1. The second-order valence-corrected chi connectivity index (χ2v) is 6.43. The molecule has 1 aromatic carbocycles. The van der Waals surface area contributed by atoms with Gasteiger partial charge in [-0.1, -0.05) is 17.7 Å². The highest BCUT2D eigenvalue weighted by Gasteiger charge is 2.12. The number of methoxy groups -OCH3 is 1. The number of ether oxygens (including phenoxy) is 2. The van der Waals surface area contributed by atoms with Gasteiger partial charge in [-0.05, 0) is 56.2 Å². The van der Waals surface area contributed by atoms with Gasteiger partial charge < -0.3 is 14.8 Å². The zero-order chi connectivity index (χ0) is 19.1. The Bertz CT molecular complexity index is 804. The molecule has 6 heteroatoms. The van der Waals surface area contributed by atoms with Crippen molar-refractivity contribution in [1.82, 2.24) is 10.3 Å². The molecule has 138 valence electrons. The third kappa shape index (κ3) is 5.49. The number of hydrogen-bond donors (Lipinski definition) is 1. The second kappa shape index (κ2) is 9.25. The van der Waals surface area contributed by atoms with Gasteiger partial charge >= 0.3 is 0 Å². The Kier molecular flexibility index (Phi) is 7.04. The Morgan fingerprint density at radius 1 is 1.38 bits per heavy atom. The molecule has 0 fully saturated rings. The van der Waals surface area contributed by atoms with Crippen molar-refractivity contribution >= 4 is 23.6 Å². The Morgan fingerprint density at radius 2 is 2.15 bits per heavy atom. The van der Waals surface area contributed by atoms with Crippen molar-refractivity contribution in [2.75, 3.05) is 7.11 Å². The predicted molar refractivity (Wildman–Crippen MR) is 104 cm³/mol. The van der Waals surface area contributed by atoms with Gasteiger partial charge in [0.2, 0.25) is 5.91 Å². The highest BCUT2D eigenvalue weighted by Crippen LogP contribution is 2.37. The molecule has 26 heavy (non-hydrogen) atoms. The van der Waals surface area contributed by atoms with E-state index >= 15 is 0 Å². The van der Waals surface area contributed by atoms with Crippen molar-refractivity contribution < 1.29 is 14.3 Å². The van der Waals surface area contributed by atoms with Gasteiger partial charge in [0, 0.05) is 12.3 Å². The quantitative estimate of drug-likeness (QED) is 0.739. The highest BCUT2D eigenvalue weighted by molar-refractivity contribution is 6.32. The van der Waals surface area contributed by atoms with Gasteiger partial charge in [-0.2, -0.15) is 0 Å². The second-order valence-electron chi connectivity index (χ2n) is 6.02. The number of halogens is 1. The number of hydrogen-bond acceptors (Lipinski definition) is 4. The van der Waals surface area contributed by atoms with Crippen molar-refractivity contribution in [3.05, 3.63) is 58.4 Å². The number of carbonyl (C=O) groups excluding carboxylic acids is 1. The van der Waals surface area contributed by atoms with Gasteiger partial charge in [0.1, 0.15) is 0 Å². The number of rotatable bonds is 7. The molecule has 0 aliphatic heterocycles. The minimum atomic E-state index is -0.215. The molecule has 1 N–H and O–H groups in total. The zero-order valence-electron chi connectivity index (χ0n) is 15.4. The molecule has 0 spiro atoms. The van der Waals surface area contributed by atoms with Crippen LogP contribution in [0, 0.1) is 6.92 Å². The van der Waals surface area contributed by atoms with E-state index in [1.165, 1.54) is 6.08 Å². The smallest absolute Gasteiger partial charge is 0.244 e. The fourth-order valence-corrected chi connectivity index (χ4v) is 2.55. The van der Waals surface area contributed by atoms with Crippen molar-refractivity contribution in [3.8, 4) is 11.5 Å². The summed E-state index contributed by atoms with van der Waals surface area (Å²) in [6, 6.07) is 7.33. The summed E-state index contributed by atoms with van der Waals surface area (Å²) in [6.45, 7) is 6.16. The van der Waals surface area contributed by atoms with Crippen LogP contribution >= 0.6 is 11.6 Å². The number of nitrogens with zero attached hydrogens (tertiary/aromatic N) is 1. The van der Waals surface area contributed by atoms with Crippen molar-refractivity contribution in [1.29, 1.82) is 0 Å². The number of amides is 1. The molecule has 2 rings (SSSR count). The summed E-state index contributed by atoms with van der Waals surface area (Å²) in [5.74, 6) is 0.805. The standard InChI is InChI=1S/C20H23ClN2O3/c1-13(2)26-20-16(21)10-15(11-18(20)25-4)7-8-19(24)23-12-17-14(3)6-5-9-22-17/h5-11,13H,12H2,1-4H3,(H,23,24). The van der Waals surface area contributed by atoms with E-state index in [4.69, 9.17) is 21.1 Å². The topological polar surface area (TPSA) is 60.5 Å². The molecule has 0 radical (unpaired) electrons. The lowest BCUT2D eigenvalue weighted by Crippen LogP contribution is -2.21. The molecule has 0 saturated carbocycles. The van der Waals surface area contributed by atoms with Gasteiger partial charge in [0.15, 0.2) is 11.5 Å². The summed E-state index contributed by atoms with van der Waals surface area (Å²) in [4.78, 5) is 16.3. The number of pyridine rings is 1. The van der Waals surface area contributed by atoms with Crippen LogP contribution in [0.15, 0.2) is 36.5 Å². The molecular formula is C20H23ClN2O3. The highest BCUT2D eigenvalue weighted by atomic mass is 35.5. The molecule has 1 aromatic heterocycles. The van der Waals surface area contributed by atoms with Crippen molar-refractivity contribution in [3.63, 3.8) is 0 Å². The lowest BCUT2D eigenvalue weighted by atomic mass is 10.1. The summed E-state index contributed by atoms with van der Waals surface area (Å²) in [7, 11) is 1.55. The molecule has 1 heterocycles. The first kappa shape index (κ1) is 19.8. The third-order valence-corrected chi connectivity index (χ3v) is 3.86. The monoisotopic (exact) mass is 374 g/mol. The first-order valence-electron chi connectivity index (χ1n) is 8.31. The average molecular weight is 375 g/mol. The zero-order valence-corrected chi connectivity index (χ0v) is 16.1. The summed E-state index contributed by atoms with van der Waals surface area (Å²) in [5, 5.41) is 3.25. The van der Waals surface area contributed by atoms with E-state index in [9.17, 15) is 4.79 Å². The Balaban J connectivity index is 2.06. The maximum Gasteiger partial charge on any atom is 0.244 e. The Morgan fingerprint density at radius 3 is 2.81 bits per heavy atom. The van der Waals surface area contributed by atoms with Crippen LogP contribution in [0.3, 0.4) is 0 Å². The van der Waals surface area contributed by atoms with Crippen molar-refractivity contribution in [2.24, 2.45) is 0 Å². The van der Waals surface area contributed by atoms with Crippen LogP contribution < -0.4 is 14.8 Å². The molecule has 0 unspecified atom stereocenters. The minimum Gasteiger partial charge on any atom is -0.493 e. The van der Waals surface area contributed by atoms with Gasteiger partial charge in [-0.15, -0.1) is 0 Å². The van der Waals surface area contributed by atoms with Gasteiger partial charge in [0.25, 0.3) is 0 Å². The molecule has 0 aliphatic rings. The van der Waals surface area contributed by atoms with Crippen molar-refractivity contribution in [2.45, 2.75) is 33.4 Å². The first-order chi connectivity index (χ1) is 12.4. The van der Waals surface area contributed by atoms with E-state index in [0.29, 0.717) is 23.1 Å². The number of aryl methyl sites for hydroxylation is 1. The van der Waals surface area contributed by atoms with E-state index in [2.05, 4.69) is 10.3 Å². The lowest BCUT2D eigenvalue weighted by molar-refractivity contribution is -0.116. The van der Waals surface area contributed by atoms with Gasteiger partial charge in [-0.25, -0.2) is 0 Å². The number of benzene rings is 1. The largest absolute Gasteiger partial charge is 0.493 e. The molecule has 0 atom stereocenters. The van der Waals surface area contributed by atoms with E-state index in [-0.39, 0.29) is 12.0 Å². The van der Waals surface area contributed by atoms with Crippen LogP contribution in [-0.2, 0) is 11.3 Å². The maximum absolute atomic E-state index is 12.0. The third-order valence-electron chi connectivity index (χ3n) is 3.58. The Labute approximate surface area is 159 Å². The summed E-state index contributed by atoms with van der Waals surface area (Å²) in [5.41, 5.74) is 2.62. The first-order valence-corrected chi connectivity index (χ1v) is 8.69. The fraction of sp³-hybridized carbons (Fsp3) is 0.300.